The van der Waals surface area contributed by atoms with Gasteiger partial charge in [-0.05, 0) is 45.3 Å². The Labute approximate surface area is 93.2 Å². The number of amides is 1. The molecule has 0 aromatic rings. The highest BCUT2D eigenvalue weighted by atomic mass is 16.1. The highest BCUT2D eigenvalue weighted by Crippen LogP contribution is 2.09. The molecule has 1 N–H and O–H groups in total. The molecule has 1 rings (SSSR count). The number of rotatable bonds is 6. The van der Waals surface area contributed by atoms with Crippen molar-refractivity contribution in [3.63, 3.8) is 0 Å². The van der Waals surface area contributed by atoms with Crippen LogP contribution < -0.4 is 5.32 Å². The van der Waals surface area contributed by atoms with Gasteiger partial charge in [0, 0.05) is 13.5 Å². The van der Waals surface area contributed by atoms with Crippen LogP contribution in [0.15, 0.2) is 0 Å². The number of hydrogen-bond donors (Lipinski definition) is 1. The van der Waals surface area contributed by atoms with Crippen LogP contribution in [0.5, 0.6) is 0 Å². The van der Waals surface area contributed by atoms with Crippen molar-refractivity contribution < 1.29 is 4.79 Å². The molecular formula is C12H24N2O. The summed E-state index contributed by atoms with van der Waals surface area (Å²) < 4.78 is 0. The van der Waals surface area contributed by atoms with Crippen molar-refractivity contribution in [3.8, 4) is 0 Å². The topological polar surface area (TPSA) is 32.3 Å². The minimum absolute atomic E-state index is 0.0889. The number of nitrogens with zero attached hydrogens (tertiary/aromatic N) is 1. The van der Waals surface area contributed by atoms with Crippen LogP contribution in [0, 0.1) is 0 Å². The van der Waals surface area contributed by atoms with Crippen molar-refractivity contribution in [2.24, 2.45) is 0 Å². The zero-order valence-corrected chi connectivity index (χ0v) is 9.93. The summed E-state index contributed by atoms with van der Waals surface area (Å²) in [7, 11) is 0. The number of hydrogen-bond acceptors (Lipinski definition) is 2. The van der Waals surface area contributed by atoms with E-state index >= 15 is 0 Å². The molecule has 15 heavy (non-hydrogen) atoms. The van der Waals surface area contributed by atoms with E-state index in [0.717, 1.165) is 13.0 Å². The predicted molar refractivity (Wildman–Crippen MR) is 62.8 cm³/mol. The van der Waals surface area contributed by atoms with Crippen molar-refractivity contribution >= 4 is 5.91 Å². The lowest BCUT2D eigenvalue weighted by Crippen LogP contribution is -2.30. The smallest absolute Gasteiger partial charge is 0.216 e. The molecule has 1 fully saturated rings. The Balaban J connectivity index is 1.85. The quantitative estimate of drug-likeness (QED) is 0.681. The Morgan fingerprint density at radius 1 is 1.13 bits per heavy atom. The van der Waals surface area contributed by atoms with E-state index in [2.05, 4.69) is 10.2 Å². The van der Waals surface area contributed by atoms with Gasteiger partial charge in [0.2, 0.25) is 5.91 Å². The lowest BCUT2D eigenvalue weighted by molar-refractivity contribution is -0.118. The molecule has 1 aliphatic heterocycles. The van der Waals surface area contributed by atoms with Crippen LogP contribution in [-0.2, 0) is 4.79 Å². The van der Waals surface area contributed by atoms with Crippen LogP contribution in [-0.4, -0.2) is 37.0 Å². The average molecular weight is 212 g/mol. The zero-order valence-electron chi connectivity index (χ0n) is 9.93. The molecule has 1 amide bonds. The first-order valence-electron chi connectivity index (χ1n) is 6.26. The van der Waals surface area contributed by atoms with Gasteiger partial charge in [0.15, 0.2) is 0 Å². The molecule has 88 valence electrons. The number of unbranched alkanes of at least 4 members (excludes halogenated alkanes) is 2. The number of nitrogens with one attached hydrogen (secondary N) is 1. The molecule has 0 aliphatic carbocycles. The maximum absolute atomic E-state index is 10.6. The van der Waals surface area contributed by atoms with Crippen molar-refractivity contribution in [2.45, 2.75) is 45.4 Å². The Hall–Kier alpha value is -0.570. The summed E-state index contributed by atoms with van der Waals surface area (Å²) in [5, 5.41) is 2.83. The first-order valence-corrected chi connectivity index (χ1v) is 6.26. The molecule has 3 nitrogen and oxygen atoms in total. The molecule has 0 atom stereocenters. The molecule has 3 heteroatoms. The summed E-state index contributed by atoms with van der Waals surface area (Å²) in [6, 6.07) is 0. The van der Waals surface area contributed by atoms with Crippen LogP contribution in [0.25, 0.3) is 0 Å². The number of carbonyl (C=O) groups excluding carboxylic acids is 1. The molecule has 1 aliphatic rings. The fourth-order valence-corrected chi connectivity index (χ4v) is 2.08. The van der Waals surface area contributed by atoms with Crippen LogP contribution in [0.3, 0.4) is 0 Å². The van der Waals surface area contributed by atoms with E-state index in [4.69, 9.17) is 0 Å². The molecule has 1 heterocycles. The summed E-state index contributed by atoms with van der Waals surface area (Å²) in [5.41, 5.74) is 0. The Morgan fingerprint density at radius 2 is 1.87 bits per heavy atom. The third-order valence-corrected chi connectivity index (χ3v) is 2.97. The Morgan fingerprint density at radius 3 is 2.53 bits per heavy atom. The van der Waals surface area contributed by atoms with Gasteiger partial charge in [-0.3, -0.25) is 4.79 Å². The van der Waals surface area contributed by atoms with Crippen LogP contribution >= 0.6 is 0 Å². The monoisotopic (exact) mass is 212 g/mol. The van der Waals surface area contributed by atoms with Crippen LogP contribution in [0.4, 0.5) is 0 Å². The molecule has 0 saturated carbocycles. The van der Waals surface area contributed by atoms with E-state index in [1.165, 1.54) is 51.7 Å². The standard InChI is InChI=1S/C12H24N2O/c1-12(15)13-8-4-2-5-9-14-10-6-3-7-11-14/h2-11H2,1H3,(H,13,15). The van der Waals surface area contributed by atoms with Gasteiger partial charge in [0.05, 0.1) is 0 Å². The van der Waals surface area contributed by atoms with Crippen molar-refractivity contribution in [2.75, 3.05) is 26.2 Å². The first kappa shape index (κ1) is 12.5. The zero-order chi connectivity index (χ0) is 10.9. The van der Waals surface area contributed by atoms with Gasteiger partial charge in [-0.15, -0.1) is 0 Å². The minimum atomic E-state index is 0.0889. The highest BCUT2D eigenvalue weighted by molar-refractivity contribution is 5.72. The number of likely N-dealkylation sites (tertiary alicyclic amines) is 1. The molecule has 0 bridgehead atoms. The van der Waals surface area contributed by atoms with Gasteiger partial charge in [0.1, 0.15) is 0 Å². The number of piperidine rings is 1. The normalized spacial score (nSPS) is 17.7. The van der Waals surface area contributed by atoms with Gasteiger partial charge in [-0.2, -0.15) is 0 Å². The number of carbonyl (C=O) groups is 1. The predicted octanol–water partition coefficient (Wildman–Crippen LogP) is 1.78. The third-order valence-electron chi connectivity index (χ3n) is 2.97. The second-order valence-electron chi connectivity index (χ2n) is 4.45. The Bertz CT molecular complexity index is 176. The van der Waals surface area contributed by atoms with Crippen LogP contribution in [0.1, 0.15) is 45.4 Å². The summed E-state index contributed by atoms with van der Waals surface area (Å²) >= 11 is 0. The first-order chi connectivity index (χ1) is 7.29. The van der Waals surface area contributed by atoms with Crippen molar-refractivity contribution in [3.05, 3.63) is 0 Å². The third kappa shape index (κ3) is 6.50. The SMILES string of the molecule is CC(=O)NCCCCCN1CCCCC1. The van der Waals surface area contributed by atoms with E-state index in [1.807, 2.05) is 0 Å². The summed E-state index contributed by atoms with van der Waals surface area (Å²) in [6.45, 7) is 6.26. The lowest BCUT2D eigenvalue weighted by Gasteiger charge is -2.26. The second-order valence-corrected chi connectivity index (χ2v) is 4.45. The summed E-state index contributed by atoms with van der Waals surface area (Å²) in [5.74, 6) is 0.0889. The Kier molecular flexibility index (Phi) is 6.41. The van der Waals surface area contributed by atoms with Gasteiger partial charge in [0.25, 0.3) is 0 Å². The van der Waals surface area contributed by atoms with Crippen LogP contribution in [0.2, 0.25) is 0 Å². The van der Waals surface area contributed by atoms with Crippen molar-refractivity contribution in [1.82, 2.24) is 10.2 Å². The molecule has 0 radical (unpaired) electrons. The molecule has 0 aromatic carbocycles. The largest absolute Gasteiger partial charge is 0.356 e. The molecule has 0 spiro atoms. The van der Waals surface area contributed by atoms with E-state index in [0.29, 0.717) is 0 Å². The van der Waals surface area contributed by atoms with Gasteiger partial charge in [-0.25, -0.2) is 0 Å². The highest BCUT2D eigenvalue weighted by Gasteiger charge is 2.08. The molecule has 1 saturated heterocycles. The van der Waals surface area contributed by atoms with E-state index in [9.17, 15) is 4.79 Å². The summed E-state index contributed by atoms with van der Waals surface area (Å²) in [4.78, 5) is 13.2. The molecular weight excluding hydrogens is 188 g/mol. The maximum Gasteiger partial charge on any atom is 0.216 e. The fraction of sp³-hybridized carbons (Fsp3) is 0.917. The maximum atomic E-state index is 10.6. The van der Waals surface area contributed by atoms with E-state index < -0.39 is 0 Å². The van der Waals surface area contributed by atoms with Gasteiger partial charge >= 0.3 is 0 Å². The van der Waals surface area contributed by atoms with Crippen molar-refractivity contribution in [1.29, 1.82) is 0 Å². The van der Waals surface area contributed by atoms with Gasteiger partial charge in [-0.1, -0.05) is 12.8 Å². The lowest BCUT2D eigenvalue weighted by atomic mass is 10.1. The second kappa shape index (κ2) is 7.69. The van der Waals surface area contributed by atoms with E-state index in [-0.39, 0.29) is 5.91 Å². The average Bonchev–Trinajstić information content (AvgIpc) is 2.24. The summed E-state index contributed by atoms with van der Waals surface area (Å²) in [6.07, 6.45) is 7.81. The van der Waals surface area contributed by atoms with E-state index in [1.54, 1.807) is 6.92 Å². The fourth-order valence-electron chi connectivity index (χ4n) is 2.08. The molecule has 0 aromatic heterocycles. The molecule has 0 unspecified atom stereocenters. The van der Waals surface area contributed by atoms with Gasteiger partial charge < -0.3 is 10.2 Å². The minimum Gasteiger partial charge on any atom is -0.356 e.